The largest absolute Gasteiger partial charge is 0.382 e. The van der Waals surface area contributed by atoms with Crippen LogP contribution in [-0.2, 0) is 6.42 Å². The molecule has 0 aliphatic carbocycles. The van der Waals surface area contributed by atoms with Crippen LogP contribution in [0.25, 0.3) is 0 Å². The number of aliphatic hydroxyl groups excluding tert-OH is 1. The predicted octanol–water partition coefficient (Wildman–Crippen LogP) is 1.34. The molecule has 0 aliphatic rings. The van der Waals surface area contributed by atoms with E-state index in [-0.39, 0.29) is 5.56 Å². The highest BCUT2D eigenvalue weighted by molar-refractivity contribution is 5.09. The van der Waals surface area contributed by atoms with E-state index in [9.17, 15) is 8.78 Å². The minimum atomic E-state index is -2.80. The van der Waals surface area contributed by atoms with Crippen molar-refractivity contribution < 1.29 is 13.9 Å². The zero-order valence-electron chi connectivity index (χ0n) is 7.11. The first-order chi connectivity index (χ1) is 6.15. The van der Waals surface area contributed by atoms with Gasteiger partial charge >= 0.3 is 0 Å². The SMILES string of the molecule is CCc1ncc(C(O)C(F)F)cn1. The first-order valence-corrected chi connectivity index (χ1v) is 3.92. The van der Waals surface area contributed by atoms with Crippen LogP contribution in [0.1, 0.15) is 24.4 Å². The molecule has 1 aromatic heterocycles. The average Bonchev–Trinajstić information content (AvgIpc) is 2.17. The number of alkyl halides is 2. The fraction of sp³-hybridized carbons (Fsp3) is 0.500. The van der Waals surface area contributed by atoms with Crippen LogP contribution in [0.3, 0.4) is 0 Å². The van der Waals surface area contributed by atoms with Gasteiger partial charge in [-0.3, -0.25) is 0 Å². The lowest BCUT2D eigenvalue weighted by Crippen LogP contribution is -2.09. The first kappa shape index (κ1) is 9.98. The van der Waals surface area contributed by atoms with E-state index < -0.39 is 12.5 Å². The van der Waals surface area contributed by atoms with Crippen molar-refractivity contribution >= 4 is 0 Å². The Morgan fingerprint density at radius 2 is 1.92 bits per heavy atom. The predicted molar refractivity (Wildman–Crippen MR) is 42.4 cm³/mol. The van der Waals surface area contributed by atoms with Gasteiger partial charge in [0.1, 0.15) is 11.9 Å². The topological polar surface area (TPSA) is 46.0 Å². The molecule has 0 radical (unpaired) electrons. The number of hydrogen-bond donors (Lipinski definition) is 1. The number of halogens is 2. The summed E-state index contributed by atoms with van der Waals surface area (Å²) in [6.07, 6.45) is -1.49. The molecule has 0 saturated heterocycles. The molecule has 1 N–H and O–H groups in total. The van der Waals surface area contributed by atoms with Crippen molar-refractivity contribution in [2.75, 3.05) is 0 Å². The Hall–Kier alpha value is -1.10. The maximum absolute atomic E-state index is 12.0. The van der Waals surface area contributed by atoms with Gasteiger partial charge in [-0.15, -0.1) is 0 Å². The Balaban J connectivity index is 2.79. The Morgan fingerprint density at radius 3 is 2.31 bits per heavy atom. The summed E-state index contributed by atoms with van der Waals surface area (Å²) in [6, 6.07) is 0. The van der Waals surface area contributed by atoms with Gasteiger partial charge in [-0.05, 0) is 0 Å². The van der Waals surface area contributed by atoms with Crippen LogP contribution < -0.4 is 0 Å². The number of rotatable bonds is 3. The molecule has 0 fully saturated rings. The summed E-state index contributed by atoms with van der Waals surface area (Å²) in [5.41, 5.74) is 0.0483. The van der Waals surface area contributed by atoms with E-state index >= 15 is 0 Å². The zero-order valence-corrected chi connectivity index (χ0v) is 7.11. The highest BCUT2D eigenvalue weighted by atomic mass is 19.3. The number of nitrogens with zero attached hydrogens (tertiary/aromatic N) is 2. The molecule has 0 amide bonds. The third-order valence-electron chi connectivity index (χ3n) is 1.62. The summed E-state index contributed by atoms with van der Waals surface area (Å²) < 4.78 is 24.0. The standard InChI is InChI=1S/C8H10F2N2O/c1-2-6-11-3-5(4-12-6)7(13)8(9)10/h3-4,7-8,13H,2H2,1H3. The van der Waals surface area contributed by atoms with Crippen LogP contribution >= 0.6 is 0 Å². The van der Waals surface area contributed by atoms with Crippen LogP contribution in [-0.4, -0.2) is 21.5 Å². The molecule has 5 heteroatoms. The van der Waals surface area contributed by atoms with Gasteiger partial charge in [-0.25, -0.2) is 18.7 Å². The molecule has 0 aromatic carbocycles. The number of aryl methyl sites for hydroxylation is 1. The van der Waals surface area contributed by atoms with E-state index in [4.69, 9.17) is 5.11 Å². The molecule has 1 aromatic rings. The van der Waals surface area contributed by atoms with Crippen LogP contribution in [0.15, 0.2) is 12.4 Å². The van der Waals surface area contributed by atoms with Crippen LogP contribution in [0.2, 0.25) is 0 Å². The maximum atomic E-state index is 12.0. The molecule has 72 valence electrons. The van der Waals surface area contributed by atoms with Gasteiger partial charge in [0.15, 0.2) is 0 Å². The van der Waals surface area contributed by atoms with Gasteiger partial charge in [-0.2, -0.15) is 0 Å². The lowest BCUT2D eigenvalue weighted by molar-refractivity contribution is -0.00619. The van der Waals surface area contributed by atoms with Gasteiger partial charge < -0.3 is 5.11 Å². The summed E-state index contributed by atoms with van der Waals surface area (Å²) in [5, 5.41) is 8.93. The summed E-state index contributed by atoms with van der Waals surface area (Å²) in [4.78, 5) is 7.59. The number of aliphatic hydroxyl groups is 1. The van der Waals surface area contributed by atoms with Crippen molar-refractivity contribution in [2.24, 2.45) is 0 Å². The van der Waals surface area contributed by atoms with Crippen molar-refractivity contribution in [1.82, 2.24) is 9.97 Å². The summed E-state index contributed by atoms with van der Waals surface area (Å²) in [5.74, 6) is 0.574. The van der Waals surface area contributed by atoms with Gasteiger partial charge in [0.25, 0.3) is 6.43 Å². The second-order valence-corrected chi connectivity index (χ2v) is 2.57. The summed E-state index contributed by atoms with van der Waals surface area (Å²) >= 11 is 0. The Morgan fingerprint density at radius 1 is 1.38 bits per heavy atom. The minimum absolute atomic E-state index is 0.0483. The van der Waals surface area contributed by atoms with Gasteiger partial charge in [0.05, 0.1) is 0 Å². The molecule has 1 heterocycles. The molecule has 0 aliphatic heterocycles. The van der Waals surface area contributed by atoms with Crippen molar-refractivity contribution in [3.8, 4) is 0 Å². The van der Waals surface area contributed by atoms with E-state index in [1.807, 2.05) is 6.92 Å². The fourth-order valence-corrected chi connectivity index (χ4v) is 0.846. The third-order valence-corrected chi connectivity index (χ3v) is 1.62. The first-order valence-electron chi connectivity index (χ1n) is 3.92. The Labute approximate surface area is 74.5 Å². The molecule has 0 bridgehead atoms. The Kier molecular flexibility index (Phi) is 3.25. The highest BCUT2D eigenvalue weighted by Crippen LogP contribution is 2.18. The lowest BCUT2D eigenvalue weighted by Gasteiger charge is -2.08. The van der Waals surface area contributed by atoms with E-state index in [0.29, 0.717) is 12.2 Å². The van der Waals surface area contributed by atoms with Crippen molar-refractivity contribution in [3.05, 3.63) is 23.8 Å². The van der Waals surface area contributed by atoms with Crippen LogP contribution in [0, 0.1) is 0 Å². The molecule has 13 heavy (non-hydrogen) atoms. The van der Waals surface area contributed by atoms with Crippen molar-refractivity contribution in [1.29, 1.82) is 0 Å². The third kappa shape index (κ3) is 2.42. The van der Waals surface area contributed by atoms with Crippen molar-refractivity contribution in [2.45, 2.75) is 25.9 Å². The fourth-order valence-electron chi connectivity index (χ4n) is 0.846. The van der Waals surface area contributed by atoms with Gasteiger partial charge in [-0.1, -0.05) is 6.92 Å². The van der Waals surface area contributed by atoms with Crippen molar-refractivity contribution in [3.63, 3.8) is 0 Å². The quantitative estimate of drug-likeness (QED) is 0.778. The van der Waals surface area contributed by atoms with E-state index in [1.54, 1.807) is 0 Å². The van der Waals surface area contributed by atoms with E-state index in [0.717, 1.165) is 0 Å². The van der Waals surface area contributed by atoms with E-state index in [2.05, 4.69) is 9.97 Å². The normalized spacial score (nSPS) is 13.3. The molecule has 1 unspecified atom stereocenters. The molecule has 1 atom stereocenters. The van der Waals surface area contributed by atoms with E-state index in [1.165, 1.54) is 12.4 Å². The zero-order chi connectivity index (χ0) is 9.84. The summed E-state index contributed by atoms with van der Waals surface area (Å²) in [6.45, 7) is 1.86. The smallest absolute Gasteiger partial charge is 0.268 e. The highest BCUT2D eigenvalue weighted by Gasteiger charge is 2.19. The molecular weight excluding hydrogens is 178 g/mol. The Bertz CT molecular complexity index is 263. The number of aromatic nitrogens is 2. The second kappa shape index (κ2) is 4.23. The summed E-state index contributed by atoms with van der Waals surface area (Å²) in [7, 11) is 0. The molecule has 0 spiro atoms. The van der Waals surface area contributed by atoms with Crippen LogP contribution in [0.5, 0.6) is 0 Å². The van der Waals surface area contributed by atoms with Gasteiger partial charge in [0.2, 0.25) is 0 Å². The molecule has 1 rings (SSSR count). The number of hydrogen-bond acceptors (Lipinski definition) is 3. The minimum Gasteiger partial charge on any atom is -0.382 e. The lowest BCUT2D eigenvalue weighted by atomic mass is 10.2. The molecule has 0 saturated carbocycles. The second-order valence-electron chi connectivity index (χ2n) is 2.57. The monoisotopic (exact) mass is 188 g/mol. The maximum Gasteiger partial charge on any atom is 0.268 e. The average molecular weight is 188 g/mol. The van der Waals surface area contributed by atoms with Crippen LogP contribution in [0.4, 0.5) is 8.78 Å². The molecular formula is C8H10F2N2O. The van der Waals surface area contributed by atoms with Gasteiger partial charge in [0, 0.05) is 24.4 Å². The molecule has 3 nitrogen and oxygen atoms in total.